The lowest BCUT2D eigenvalue weighted by molar-refractivity contribution is 0.0996. The second-order valence-corrected chi connectivity index (χ2v) is 8.23. The van der Waals surface area contributed by atoms with Gasteiger partial charge in [-0.25, -0.2) is 9.37 Å². The lowest BCUT2D eigenvalue weighted by Gasteiger charge is -2.25. The van der Waals surface area contributed by atoms with E-state index < -0.39 is 5.82 Å². The molecule has 33 heavy (non-hydrogen) atoms. The summed E-state index contributed by atoms with van der Waals surface area (Å²) in [5.74, 6) is 0.623. The second kappa shape index (κ2) is 8.40. The van der Waals surface area contributed by atoms with Crippen molar-refractivity contribution in [3.63, 3.8) is 0 Å². The topological polar surface area (TPSA) is 91.7 Å². The van der Waals surface area contributed by atoms with Crippen LogP contribution in [0.3, 0.4) is 0 Å². The van der Waals surface area contributed by atoms with Gasteiger partial charge in [-0.1, -0.05) is 6.07 Å². The Hall–Kier alpha value is -3.59. The lowest BCUT2D eigenvalue weighted by atomic mass is 10.0. The Bertz CT molecular complexity index is 1230. The third-order valence-corrected chi connectivity index (χ3v) is 6.23. The predicted molar refractivity (Wildman–Crippen MR) is 121 cm³/mol. The summed E-state index contributed by atoms with van der Waals surface area (Å²) < 4.78 is 20.2. The molecule has 1 aromatic carbocycles. The third-order valence-electron chi connectivity index (χ3n) is 6.23. The van der Waals surface area contributed by atoms with Gasteiger partial charge in [0.05, 0.1) is 37.6 Å². The van der Waals surface area contributed by atoms with Crippen LogP contribution in [0, 0.1) is 12.7 Å². The molecule has 0 spiro atoms. The molecule has 170 valence electrons. The molecule has 1 unspecified atom stereocenters. The highest BCUT2D eigenvalue weighted by Crippen LogP contribution is 2.38. The molecule has 8 nitrogen and oxygen atoms in total. The Morgan fingerprint density at radius 2 is 2.12 bits per heavy atom. The number of halogens is 1. The first-order valence-electron chi connectivity index (χ1n) is 10.9. The second-order valence-electron chi connectivity index (χ2n) is 8.23. The molecule has 2 aliphatic rings. The number of benzene rings is 1. The molecule has 2 aliphatic heterocycles. The predicted octanol–water partition coefficient (Wildman–Crippen LogP) is 3.12. The number of methoxy groups -OCH3 is 1. The van der Waals surface area contributed by atoms with Crippen LogP contribution in [0.15, 0.2) is 36.5 Å². The maximum absolute atomic E-state index is 14.8. The summed E-state index contributed by atoms with van der Waals surface area (Å²) in [6.45, 7) is 2.83. The van der Waals surface area contributed by atoms with E-state index in [4.69, 9.17) is 4.74 Å². The minimum absolute atomic E-state index is 0.0280. The Morgan fingerprint density at radius 3 is 2.91 bits per heavy atom. The summed E-state index contributed by atoms with van der Waals surface area (Å²) in [5.41, 5.74) is 2.41. The fourth-order valence-electron chi connectivity index (χ4n) is 4.62. The van der Waals surface area contributed by atoms with Gasteiger partial charge in [-0.3, -0.25) is 14.7 Å². The van der Waals surface area contributed by atoms with Gasteiger partial charge in [0.15, 0.2) is 0 Å². The van der Waals surface area contributed by atoms with Crippen molar-refractivity contribution in [2.24, 2.45) is 0 Å². The van der Waals surface area contributed by atoms with E-state index in [0.29, 0.717) is 34.3 Å². The van der Waals surface area contributed by atoms with Gasteiger partial charge in [-0.15, -0.1) is 0 Å². The fraction of sp³-hybridized carbons (Fsp3) is 0.333. The van der Waals surface area contributed by atoms with E-state index in [-0.39, 0.29) is 30.7 Å². The van der Waals surface area contributed by atoms with Crippen LogP contribution in [0.4, 0.5) is 16.2 Å². The van der Waals surface area contributed by atoms with Crippen molar-refractivity contribution in [3.05, 3.63) is 59.2 Å². The average Bonchev–Trinajstić information content (AvgIpc) is 3.43. The number of carbonyl (C=O) groups is 1. The molecule has 1 atom stereocenters. The summed E-state index contributed by atoms with van der Waals surface area (Å²) in [5, 5.41) is 9.70. The van der Waals surface area contributed by atoms with E-state index in [0.717, 1.165) is 25.1 Å². The van der Waals surface area contributed by atoms with Crippen LogP contribution in [-0.2, 0) is 6.54 Å². The minimum Gasteiger partial charge on any atom is -0.496 e. The van der Waals surface area contributed by atoms with Gasteiger partial charge in [-0.2, -0.15) is 4.98 Å². The van der Waals surface area contributed by atoms with Crippen LogP contribution in [0.1, 0.15) is 34.5 Å². The third kappa shape index (κ3) is 3.58. The number of anilines is 2. The van der Waals surface area contributed by atoms with Gasteiger partial charge >= 0.3 is 0 Å². The van der Waals surface area contributed by atoms with Crippen LogP contribution in [0.2, 0.25) is 0 Å². The first kappa shape index (κ1) is 21.3. The van der Waals surface area contributed by atoms with E-state index in [1.165, 1.54) is 19.4 Å². The number of pyridine rings is 1. The summed E-state index contributed by atoms with van der Waals surface area (Å²) >= 11 is 0. The molecule has 1 amide bonds. The Kier molecular flexibility index (Phi) is 5.41. The van der Waals surface area contributed by atoms with Crippen LogP contribution in [0.25, 0.3) is 11.3 Å². The SMILES string of the molecule is COc1cccc(F)c1-c1nccc2c1CN(c1cc(C)nc(N3CCCC3CO)n1)C2=O. The highest BCUT2D eigenvalue weighted by Gasteiger charge is 2.34. The number of aliphatic hydroxyl groups excluding tert-OH is 1. The van der Waals surface area contributed by atoms with E-state index in [1.54, 1.807) is 29.2 Å². The molecule has 3 aromatic rings. The average molecular weight is 449 g/mol. The molecule has 2 aromatic heterocycles. The summed E-state index contributed by atoms with van der Waals surface area (Å²) in [6, 6.07) is 7.96. The highest BCUT2D eigenvalue weighted by atomic mass is 19.1. The Balaban J connectivity index is 1.55. The molecule has 0 bridgehead atoms. The molecule has 1 N–H and O–H groups in total. The van der Waals surface area contributed by atoms with Crippen molar-refractivity contribution >= 4 is 17.7 Å². The minimum atomic E-state index is -0.467. The number of hydrogen-bond acceptors (Lipinski definition) is 7. The van der Waals surface area contributed by atoms with Gasteiger partial charge in [0.2, 0.25) is 5.95 Å². The summed E-state index contributed by atoms with van der Waals surface area (Å²) in [4.78, 5) is 30.5. The highest BCUT2D eigenvalue weighted by molar-refractivity contribution is 6.10. The Labute approximate surface area is 190 Å². The molecule has 0 aliphatic carbocycles. The number of rotatable bonds is 5. The fourth-order valence-corrected chi connectivity index (χ4v) is 4.62. The monoisotopic (exact) mass is 449 g/mol. The number of hydrogen-bond donors (Lipinski definition) is 1. The molecular formula is C24H24FN5O3. The molecule has 0 radical (unpaired) electrons. The number of amides is 1. The maximum atomic E-state index is 14.8. The molecule has 9 heteroatoms. The van der Waals surface area contributed by atoms with Crippen LogP contribution in [0.5, 0.6) is 5.75 Å². The zero-order valence-corrected chi connectivity index (χ0v) is 18.5. The molecule has 5 rings (SSSR count). The number of carbonyl (C=O) groups excluding carboxylic acids is 1. The van der Waals surface area contributed by atoms with Crippen molar-refractivity contribution in [2.75, 3.05) is 30.1 Å². The standard InChI is InChI=1S/C24H24FN5O3/c1-14-11-20(28-24(27-14)29-10-4-5-15(29)13-31)30-12-17-16(23(30)32)8-9-26-22(17)21-18(25)6-3-7-19(21)33-2/h3,6-9,11,15,31H,4-5,10,12-13H2,1-2H3. The first-order chi connectivity index (χ1) is 16.0. The number of aromatic nitrogens is 3. The van der Waals surface area contributed by atoms with Crippen molar-refractivity contribution in [1.82, 2.24) is 15.0 Å². The van der Waals surface area contributed by atoms with Gasteiger partial charge < -0.3 is 14.7 Å². The van der Waals surface area contributed by atoms with Crippen molar-refractivity contribution < 1.29 is 19.0 Å². The van der Waals surface area contributed by atoms with Crippen molar-refractivity contribution in [1.29, 1.82) is 0 Å². The molecular weight excluding hydrogens is 425 g/mol. The van der Waals surface area contributed by atoms with Crippen molar-refractivity contribution in [3.8, 4) is 17.0 Å². The van der Waals surface area contributed by atoms with Crippen LogP contribution < -0.4 is 14.5 Å². The summed E-state index contributed by atoms with van der Waals surface area (Å²) in [7, 11) is 1.47. The largest absolute Gasteiger partial charge is 0.496 e. The quantitative estimate of drug-likeness (QED) is 0.640. The van der Waals surface area contributed by atoms with E-state index >= 15 is 0 Å². The number of nitrogens with zero attached hydrogens (tertiary/aromatic N) is 5. The molecule has 0 saturated carbocycles. The number of aliphatic hydroxyl groups is 1. The van der Waals surface area contributed by atoms with Gasteiger partial charge in [0.25, 0.3) is 5.91 Å². The molecule has 4 heterocycles. The maximum Gasteiger partial charge on any atom is 0.260 e. The van der Waals surface area contributed by atoms with E-state index in [1.807, 2.05) is 11.8 Å². The zero-order valence-electron chi connectivity index (χ0n) is 18.5. The van der Waals surface area contributed by atoms with Gasteiger partial charge in [-0.05, 0) is 38.0 Å². The lowest BCUT2D eigenvalue weighted by Crippen LogP contribution is -2.34. The smallest absolute Gasteiger partial charge is 0.260 e. The summed E-state index contributed by atoms with van der Waals surface area (Å²) in [6.07, 6.45) is 3.33. The number of ether oxygens (including phenoxy) is 1. The van der Waals surface area contributed by atoms with Crippen LogP contribution >= 0.6 is 0 Å². The number of aryl methyl sites for hydroxylation is 1. The first-order valence-corrected chi connectivity index (χ1v) is 10.9. The van der Waals surface area contributed by atoms with E-state index in [9.17, 15) is 14.3 Å². The van der Waals surface area contributed by atoms with Crippen molar-refractivity contribution in [2.45, 2.75) is 32.4 Å². The molecule has 1 saturated heterocycles. The van der Waals surface area contributed by atoms with Gasteiger partial charge in [0, 0.05) is 35.6 Å². The zero-order chi connectivity index (χ0) is 23.1. The van der Waals surface area contributed by atoms with Crippen LogP contribution in [-0.4, -0.2) is 52.3 Å². The van der Waals surface area contributed by atoms with E-state index in [2.05, 4.69) is 15.0 Å². The number of fused-ring (bicyclic) bond motifs is 1. The molecule has 1 fully saturated rings. The normalized spacial score (nSPS) is 17.6. The van der Waals surface area contributed by atoms with Gasteiger partial charge in [0.1, 0.15) is 17.4 Å². The Morgan fingerprint density at radius 1 is 1.27 bits per heavy atom.